The molecule has 102 valence electrons. The fourth-order valence-corrected chi connectivity index (χ4v) is 2.78. The third kappa shape index (κ3) is 1.95. The highest BCUT2D eigenvalue weighted by molar-refractivity contribution is 6.77. The van der Waals surface area contributed by atoms with Crippen molar-refractivity contribution in [3.8, 4) is 0 Å². The first kappa shape index (κ1) is 12.3. The molecule has 0 aliphatic carbocycles. The second kappa shape index (κ2) is 4.52. The van der Waals surface area contributed by atoms with Crippen molar-refractivity contribution in [1.29, 1.82) is 0 Å². The van der Waals surface area contributed by atoms with Gasteiger partial charge in [0.1, 0.15) is 16.8 Å². The van der Waals surface area contributed by atoms with E-state index in [0.29, 0.717) is 0 Å². The van der Waals surface area contributed by atoms with Gasteiger partial charge in [0, 0.05) is 23.0 Å². The molecule has 0 bridgehead atoms. The Hall–Kier alpha value is -2.49. The number of furan rings is 1. The van der Waals surface area contributed by atoms with Crippen LogP contribution in [-0.4, -0.2) is 11.8 Å². The van der Waals surface area contributed by atoms with Crippen LogP contribution in [0.5, 0.6) is 0 Å². The highest BCUT2D eigenvalue weighted by atomic mass is 16.3. The molecule has 1 aliphatic heterocycles. The Balaban J connectivity index is 1.94. The summed E-state index contributed by atoms with van der Waals surface area (Å²) >= 11 is 0. The number of fused-ring (bicyclic) bond motifs is 3. The van der Waals surface area contributed by atoms with Crippen LogP contribution >= 0.6 is 0 Å². The van der Waals surface area contributed by atoms with E-state index in [4.69, 9.17) is 4.42 Å². The first-order valence-corrected chi connectivity index (χ1v) is 7.14. The predicted molar refractivity (Wildman–Crippen MR) is 87.5 cm³/mol. The van der Waals surface area contributed by atoms with Crippen molar-refractivity contribution in [3.05, 3.63) is 58.8 Å². The molecule has 0 atom stereocenters. The summed E-state index contributed by atoms with van der Waals surface area (Å²) in [6.45, 7) is 4.41. The monoisotopic (exact) mass is 274 g/mol. The van der Waals surface area contributed by atoms with Crippen molar-refractivity contribution in [1.82, 2.24) is 4.98 Å². The van der Waals surface area contributed by atoms with Crippen molar-refractivity contribution < 1.29 is 4.42 Å². The number of aromatic nitrogens is 1. The molecule has 3 heterocycles. The molecule has 0 fully saturated rings. The molecule has 4 rings (SSSR count). The summed E-state index contributed by atoms with van der Waals surface area (Å²) in [5, 5.41) is 2.28. The third-order valence-electron chi connectivity index (χ3n) is 3.92. The lowest BCUT2D eigenvalue weighted by Gasteiger charge is -2.24. The van der Waals surface area contributed by atoms with E-state index in [0.717, 1.165) is 27.4 Å². The van der Waals surface area contributed by atoms with Gasteiger partial charge in [0.25, 0.3) is 6.85 Å². The minimum Gasteiger partial charge on any atom is -0.457 e. The molecule has 4 heteroatoms. The molecule has 3 aromatic rings. The van der Waals surface area contributed by atoms with Crippen LogP contribution in [0.1, 0.15) is 5.56 Å². The van der Waals surface area contributed by atoms with Crippen LogP contribution in [0.2, 0.25) is 6.82 Å². The molecule has 0 saturated heterocycles. The molecule has 0 spiro atoms. The Morgan fingerprint density at radius 1 is 1.14 bits per heavy atom. The molecule has 0 amide bonds. The summed E-state index contributed by atoms with van der Waals surface area (Å²) < 4.78 is 5.93. The molecule has 1 aromatic carbocycles. The first-order valence-electron chi connectivity index (χ1n) is 7.14. The molecule has 21 heavy (non-hydrogen) atoms. The number of hydrogen-bond acceptors (Lipinski definition) is 3. The van der Waals surface area contributed by atoms with E-state index in [1.54, 1.807) is 0 Å². The van der Waals surface area contributed by atoms with Crippen LogP contribution in [0.25, 0.3) is 23.1 Å². The fraction of sp³-hybridized carbons (Fsp3) is 0.118. The van der Waals surface area contributed by atoms with Gasteiger partial charge >= 0.3 is 0 Å². The van der Waals surface area contributed by atoms with E-state index < -0.39 is 0 Å². The van der Waals surface area contributed by atoms with Crippen LogP contribution in [0.15, 0.2) is 47.0 Å². The minimum atomic E-state index is 0.216. The van der Waals surface area contributed by atoms with Gasteiger partial charge in [-0.25, -0.2) is 4.98 Å². The Labute approximate surface area is 123 Å². The molecular formula is C17H15BN2O. The lowest BCUT2D eigenvalue weighted by Crippen LogP contribution is -2.42. The Bertz CT molecular complexity index is 928. The summed E-state index contributed by atoms with van der Waals surface area (Å²) in [5.74, 6) is 3.11. The lowest BCUT2D eigenvalue weighted by molar-refractivity contribution is 0.576. The van der Waals surface area contributed by atoms with E-state index in [9.17, 15) is 0 Å². The van der Waals surface area contributed by atoms with Gasteiger partial charge in [-0.1, -0.05) is 31.1 Å². The van der Waals surface area contributed by atoms with E-state index >= 15 is 0 Å². The maximum absolute atomic E-state index is 5.93. The van der Waals surface area contributed by atoms with E-state index in [-0.39, 0.29) is 6.85 Å². The SMILES string of the molecule is CB1C=c2oc3ccccc3c2=CN1c1ccc(C)cn1. The van der Waals surface area contributed by atoms with Crippen LogP contribution in [0, 0.1) is 6.92 Å². The maximum Gasteiger partial charge on any atom is 0.288 e. The highest BCUT2D eigenvalue weighted by Gasteiger charge is 2.20. The number of nitrogens with zero attached hydrogens (tertiary/aromatic N) is 2. The van der Waals surface area contributed by atoms with Gasteiger partial charge in [-0.05, 0) is 30.6 Å². The quantitative estimate of drug-likeness (QED) is 0.638. The molecule has 0 unspecified atom stereocenters. The second-order valence-corrected chi connectivity index (χ2v) is 5.51. The molecule has 0 N–H and O–H groups in total. The zero-order valence-corrected chi connectivity index (χ0v) is 12.1. The number of aryl methyl sites for hydroxylation is 1. The van der Waals surface area contributed by atoms with Gasteiger partial charge in [0.15, 0.2) is 0 Å². The molecule has 0 radical (unpaired) electrons. The minimum absolute atomic E-state index is 0.216. The van der Waals surface area contributed by atoms with Crippen molar-refractivity contribution in [2.24, 2.45) is 0 Å². The summed E-state index contributed by atoms with van der Waals surface area (Å²) in [6.07, 6.45) is 4.04. The number of pyridine rings is 1. The number of benzene rings is 1. The van der Waals surface area contributed by atoms with Crippen molar-refractivity contribution >= 4 is 35.8 Å². The second-order valence-electron chi connectivity index (χ2n) is 5.51. The lowest BCUT2D eigenvalue weighted by atomic mass is 9.62. The molecular weight excluding hydrogens is 259 g/mol. The Morgan fingerprint density at radius 3 is 2.81 bits per heavy atom. The van der Waals surface area contributed by atoms with E-state index in [1.807, 2.05) is 31.3 Å². The first-order chi connectivity index (χ1) is 10.2. The van der Waals surface area contributed by atoms with E-state index in [2.05, 4.69) is 47.0 Å². The summed E-state index contributed by atoms with van der Waals surface area (Å²) in [5.41, 5.74) is 3.05. The highest BCUT2D eigenvalue weighted by Crippen LogP contribution is 2.17. The number of para-hydroxylation sites is 1. The standard InChI is InChI=1S/C17H15BN2O/c1-12-7-8-17(19-10-12)20-11-14-13-5-3-4-6-15(13)21-16(14)9-18(20)2/h3-11H,1-2H3. The topological polar surface area (TPSA) is 29.3 Å². The molecule has 1 aliphatic rings. The number of rotatable bonds is 1. The zero-order valence-electron chi connectivity index (χ0n) is 12.1. The van der Waals surface area contributed by atoms with Gasteiger partial charge in [-0.2, -0.15) is 0 Å². The van der Waals surface area contributed by atoms with Crippen molar-refractivity contribution in [2.75, 3.05) is 4.81 Å². The van der Waals surface area contributed by atoms with Crippen LogP contribution in [0.4, 0.5) is 5.82 Å². The smallest absolute Gasteiger partial charge is 0.288 e. The van der Waals surface area contributed by atoms with Crippen LogP contribution in [-0.2, 0) is 0 Å². The fourth-order valence-electron chi connectivity index (χ4n) is 2.78. The zero-order chi connectivity index (χ0) is 14.4. The molecule has 0 saturated carbocycles. The van der Waals surface area contributed by atoms with Gasteiger partial charge < -0.3 is 9.23 Å². The van der Waals surface area contributed by atoms with Crippen LogP contribution in [0.3, 0.4) is 0 Å². The Kier molecular flexibility index (Phi) is 2.64. The van der Waals surface area contributed by atoms with Gasteiger partial charge in [0.05, 0.1) is 0 Å². The van der Waals surface area contributed by atoms with Gasteiger partial charge in [0.2, 0.25) is 0 Å². The van der Waals surface area contributed by atoms with Gasteiger partial charge in [-0.3, -0.25) is 0 Å². The Morgan fingerprint density at radius 2 is 2.00 bits per heavy atom. The van der Waals surface area contributed by atoms with Crippen molar-refractivity contribution in [2.45, 2.75) is 13.7 Å². The number of hydrogen-bond donors (Lipinski definition) is 0. The third-order valence-corrected chi connectivity index (χ3v) is 3.92. The van der Waals surface area contributed by atoms with Crippen LogP contribution < -0.4 is 15.4 Å². The summed E-state index contributed by atoms with van der Waals surface area (Å²) in [6, 6.07) is 12.3. The summed E-state index contributed by atoms with van der Waals surface area (Å²) in [4.78, 5) is 6.72. The molecule has 3 nitrogen and oxygen atoms in total. The molecule has 2 aromatic heterocycles. The van der Waals surface area contributed by atoms with E-state index in [1.165, 1.54) is 5.56 Å². The maximum atomic E-state index is 5.93. The summed E-state index contributed by atoms with van der Waals surface area (Å²) in [7, 11) is 0. The average molecular weight is 274 g/mol. The normalized spacial score (nSPS) is 13.8. The average Bonchev–Trinajstić information content (AvgIpc) is 2.84. The van der Waals surface area contributed by atoms with Gasteiger partial charge in [-0.15, -0.1) is 0 Å². The van der Waals surface area contributed by atoms with Crippen molar-refractivity contribution in [3.63, 3.8) is 0 Å². The number of anilines is 1. The predicted octanol–water partition coefficient (Wildman–Crippen LogP) is 2.34. The largest absolute Gasteiger partial charge is 0.457 e.